The summed E-state index contributed by atoms with van der Waals surface area (Å²) in [5.41, 5.74) is 0.172. The number of ether oxygens (including phenoxy) is 1. The summed E-state index contributed by atoms with van der Waals surface area (Å²) >= 11 is 0. The van der Waals surface area contributed by atoms with E-state index >= 15 is 0 Å². The monoisotopic (exact) mass is 276 g/mol. The van der Waals surface area contributed by atoms with Crippen LogP contribution in [0.2, 0.25) is 0 Å². The minimum Gasteiger partial charge on any atom is -0.453 e. The molecule has 2 saturated heterocycles. The topological polar surface area (TPSA) is 58.6 Å². The first-order chi connectivity index (χ1) is 9.72. The summed E-state index contributed by atoms with van der Waals surface area (Å²) < 4.78 is 4.85. The van der Waals surface area contributed by atoms with Crippen LogP contribution in [0.5, 0.6) is 0 Å². The smallest absolute Gasteiger partial charge is 0.409 e. The molecule has 0 aliphatic carbocycles. The molecule has 20 heavy (non-hydrogen) atoms. The van der Waals surface area contributed by atoms with Crippen molar-refractivity contribution < 1.29 is 9.53 Å². The van der Waals surface area contributed by atoms with Crippen LogP contribution in [-0.2, 0) is 4.74 Å². The third-order valence-electron chi connectivity index (χ3n) is 4.37. The van der Waals surface area contributed by atoms with Gasteiger partial charge in [0, 0.05) is 44.0 Å². The first-order valence-electron chi connectivity index (χ1n) is 7.07. The van der Waals surface area contributed by atoms with Crippen molar-refractivity contribution in [1.29, 1.82) is 0 Å². The van der Waals surface area contributed by atoms with Crippen LogP contribution in [0.1, 0.15) is 19.3 Å². The van der Waals surface area contributed by atoms with Gasteiger partial charge in [0.1, 0.15) is 0 Å². The number of likely N-dealkylation sites (tertiary alicyclic amines) is 1. The van der Waals surface area contributed by atoms with Crippen LogP contribution in [-0.4, -0.2) is 54.2 Å². The molecule has 3 heterocycles. The number of piperidine rings is 1. The van der Waals surface area contributed by atoms with E-state index in [-0.39, 0.29) is 11.5 Å². The third-order valence-corrected chi connectivity index (χ3v) is 4.37. The van der Waals surface area contributed by atoms with E-state index in [9.17, 15) is 4.79 Å². The van der Waals surface area contributed by atoms with E-state index in [0.29, 0.717) is 0 Å². The Morgan fingerprint density at radius 1 is 1.25 bits per heavy atom. The van der Waals surface area contributed by atoms with Crippen LogP contribution in [0.3, 0.4) is 0 Å². The number of rotatable bonds is 1. The second-order valence-corrected chi connectivity index (χ2v) is 5.72. The molecule has 0 N–H and O–H groups in total. The number of carbonyl (C=O) groups is 1. The second kappa shape index (κ2) is 5.26. The molecule has 2 fully saturated rings. The normalized spacial score (nSPS) is 26.1. The lowest BCUT2D eigenvalue weighted by Crippen LogP contribution is -2.47. The van der Waals surface area contributed by atoms with Crippen molar-refractivity contribution in [3.63, 3.8) is 0 Å². The van der Waals surface area contributed by atoms with Crippen LogP contribution in [0, 0.1) is 5.41 Å². The van der Waals surface area contributed by atoms with Gasteiger partial charge < -0.3 is 14.5 Å². The van der Waals surface area contributed by atoms with Crippen molar-refractivity contribution in [3.05, 3.63) is 18.5 Å². The quantitative estimate of drug-likeness (QED) is 0.778. The lowest BCUT2D eigenvalue weighted by molar-refractivity contribution is 0.0752. The van der Waals surface area contributed by atoms with Gasteiger partial charge in [0.25, 0.3) is 0 Å². The van der Waals surface area contributed by atoms with E-state index in [4.69, 9.17) is 4.74 Å². The molecule has 0 bridgehead atoms. The number of amides is 1. The van der Waals surface area contributed by atoms with Gasteiger partial charge >= 0.3 is 6.09 Å². The molecule has 6 nitrogen and oxygen atoms in total. The van der Waals surface area contributed by atoms with Crippen LogP contribution >= 0.6 is 0 Å². The predicted octanol–water partition coefficient (Wildman–Crippen LogP) is 1.54. The van der Waals surface area contributed by atoms with Gasteiger partial charge in [-0.05, 0) is 25.3 Å². The molecule has 2 aliphatic rings. The summed E-state index contributed by atoms with van der Waals surface area (Å²) in [5.74, 6) is 0.791. The highest BCUT2D eigenvalue weighted by Crippen LogP contribution is 2.39. The predicted molar refractivity (Wildman–Crippen MR) is 74.5 cm³/mol. The van der Waals surface area contributed by atoms with E-state index in [0.717, 1.165) is 51.4 Å². The molecule has 108 valence electrons. The van der Waals surface area contributed by atoms with Gasteiger partial charge in [0.05, 0.1) is 7.11 Å². The van der Waals surface area contributed by atoms with Crippen LogP contribution in [0.25, 0.3) is 0 Å². The SMILES string of the molecule is COC(=O)N1CCC[C@@]2(CCN(c3ncccn3)C2)C1. The fourth-order valence-electron chi connectivity index (χ4n) is 3.39. The number of hydrogen-bond acceptors (Lipinski definition) is 5. The van der Waals surface area contributed by atoms with Gasteiger partial charge in [0.15, 0.2) is 0 Å². The van der Waals surface area contributed by atoms with Crippen LogP contribution < -0.4 is 4.90 Å². The van der Waals surface area contributed by atoms with Crippen molar-refractivity contribution in [2.45, 2.75) is 19.3 Å². The fraction of sp³-hybridized carbons (Fsp3) is 0.643. The lowest BCUT2D eigenvalue weighted by atomic mass is 9.79. The zero-order chi connectivity index (χ0) is 14.0. The molecule has 0 saturated carbocycles. The standard InChI is InChI=1S/C14H20N4O2/c1-20-13(19)18-8-2-4-14(11-18)5-9-17(10-14)12-15-6-3-7-16-12/h3,6-7H,2,4-5,8-11H2,1H3/t14-/m0/s1. The van der Waals surface area contributed by atoms with Crippen molar-refractivity contribution in [2.24, 2.45) is 5.41 Å². The van der Waals surface area contributed by atoms with Crippen LogP contribution in [0.4, 0.5) is 10.7 Å². The maximum absolute atomic E-state index is 11.7. The summed E-state index contributed by atoms with van der Waals surface area (Å²) in [7, 11) is 1.45. The minimum absolute atomic E-state index is 0.172. The van der Waals surface area contributed by atoms with Gasteiger partial charge in [-0.25, -0.2) is 14.8 Å². The zero-order valence-corrected chi connectivity index (χ0v) is 11.8. The van der Waals surface area contributed by atoms with Crippen LogP contribution in [0.15, 0.2) is 18.5 Å². The van der Waals surface area contributed by atoms with E-state index in [1.165, 1.54) is 7.11 Å². The molecule has 1 aromatic heterocycles. The molecular formula is C14H20N4O2. The molecule has 1 atom stereocenters. The molecule has 1 amide bonds. The van der Waals surface area contributed by atoms with Gasteiger partial charge in [-0.2, -0.15) is 0 Å². The Morgan fingerprint density at radius 2 is 2.05 bits per heavy atom. The van der Waals surface area contributed by atoms with E-state index in [2.05, 4.69) is 14.9 Å². The lowest BCUT2D eigenvalue weighted by Gasteiger charge is -2.39. The average Bonchev–Trinajstić information content (AvgIpc) is 2.91. The molecule has 0 unspecified atom stereocenters. The summed E-state index contributed by atoms with van der Waals surface area (Å²) in [4.78, 5) is 24.4. The summed E-state index contributed by atoms with van der Waals surface area (Å²) in [6, 6.07) is 1.83. The van der Waals surface area contributed by atoms with E-state index in [1.54, 1.807) is 12.4 Å². The average molecular weight is 276 g/mol. The number of methoxy groups -OCH3 is 1. The molecular weight excluding hydrogens is 256 g/mol. The maximum Gasteiger partial charge on any atom is 0.409 e. The molecule has 2 aliphatic heterocycles. The summed E-state index contributed by atoms with van der Waals surface area (Å²) in [6.45, 7) is 3.46. The molecule has 6 heteroatoms. The van der Waals surface area contributed by atoms with E-state index in [1.807, 2.05) is 11.0 Å². The Bertz CT molecular complexity index is 481. The van der Waals surface area contributed by atoms with Crippen molar-refractivity contribution in [2.75, 3.05) is 38.2 Å². The highest BCUT2D eigenvalue weighted by atomic mass is 16.5. The fourth-order valence-corrected chi connectivity index (χ4v) is 3.39. The zero-order valence-electron chi connectivity index (χ0n) is 11.8. The first-order valence-corrected chi connectivity index (χ1v) is 7.07. The Kier molecular flexibility index (Phi) is 3.46. The number of aromatic nitrogens is 2. The Hall–Kier alpha value is -1.85. The number of anilines is 1. The first kappa shape index (κ1) is 13.1. The van der Waals surface area contributed by atoms with Crippen molar-refractivity contribution >= 4 is 12.0 Å². The van der Waals surface area contributed by atoms with Gasteiger partial charge in [-0.3, -0.25) is 0 Å². The Balaban J connectivity index is 1.70. The summed E-state index contributed by atoms with van der Waals surface area (Å²) in [6.07, 6.45) is 6.61. The molecule has 0 aromatic carbocycles. The molecule has 3 rings (SSSR count). The largest absolute Gasteiger partial charge is 0.453 e. The van der Waals surface area contributed by atoms with Crippen molar-refractivity contribution in [3.8, 4) is 0 Å². The van der Waals surface area contributed by atoms with E-state index < -0.39 is 0 Å². The Morgan fingerprint density at radius 3 is 2.80 bits per heavy atom. The number of carbonyl (C=O) groups excluding carboxylic acids is 1. The minimum atomic E-state index is -0.210. The summed E-state index contributed by atoms with van der Waals surface area (Å²) in [5, 5.41) is 0. The van der Waals surface area contributed by atoms with Gasteiger partial charge in [-0.1, -0.05) is 0 Å². The molecule has 1 aromatic rings. The number of hydrogen-bond donors (Lipinski definition) is 0. The van der Waals surface area contributed by atoms with Crippen molar-refractivity contribution in [1.82, 2.24) is 14.9 Å². The highest BCUT2D eigenvalue weighted by molar-refractivity contribution is 5.67. The second-order valence-electron chi connectivity index (χ2n) is 5.72. The Labute approximate surface area is 118 Å². The van der Waals surface area contributed by atoms with Gasteiger partial charge in [-0.15, -0.1) is 0 Å². The maximum atomic E-state index is 11.7. The molecule has 0 radical (unpaired) electrons. The molecule has 1 spiro atoms. The number of nitrogens with zero attached hydrogens (tertiary/aromatic N) is 4. The van der Waals surface area contributed by atoms with Gasteiger partial charge in [0.2, 0.25) is 5.95 Å². The third kappa shape index (κ3) is 2.42. The highest BCUT2D eigenvalue weighted by Gasteiger charge is 2.43.